The van der Waals surface area contributed by atoms with Crippen LogP contribution in [0.15, 0.2) is 58.4 Å². The van der Waals surface area contributed by atoms with E-state index in [0.29, 0.717) is 10.6 Å². The number of halogens is 1. The van der Waals surface area contributed by atoms with E-state index < -0.39 is 22.0 Å². The van der Waals surface area contributed by atoms with Crippen molar-refractivity contribution in [1.82, 2.24) is 4.72 Å². The highest BCUT2D eigenvalue weighted by atomic mass is 35.5. The predicted octanol–water partition coefficient (Wildman–Crippen LogP) is 3.15. The molecule has 0 saturated heterocycles. The Morgan fingerprint density at radius 2 is 1.81 bits per heavy atom. The lowest BCUT2D eigenvalue weighted by Crippen LogP contribution is -2.31. The molecule has 2 aromatic carbocycles. The van der Waals surface area contributed by atoms with Crippen molar-refractivity contribution in [2.24, 2.45) is 10.9 Å². The lowest BCUT2D eigenvalue weighted by molar-refractivity contribution is -0.147. The number of ether oxygens (including phenoxy) is 1. The van der Waals surface area contributed by atoms with Gasteiger partial charge in [-0.15, -0.1) is 0 Å². The number of hydrogen-bond acceptors (Lipinski definition) is 5. The molecular formula is C19H19ClN2O4S. The van der Waals surface area contributed by atoms with E-state index in [-0.39, 0.29) is 23.3 Å². The van der Waals surface area contributed by atoms with Crippen LogP contribution < -0.4 is 4.72 Å². The lowest BCUT2D eigenvalue weighted by atomic mass is 10.1. The molecule has 0 unspecified atom stereocenters. The quantitative estimate of drug-likeness (QED) is 0.773. The smallest absolute Gasteiger partial charge is 0.331 e. The number of benzene rings is 2. The molecule has 27 heavy (non-hydrogen) atoms. The summed E-state index contributed by atoms with van der Waals surface area (Å²) in [5, 5.41) is 0.601. The average Bonchev–Trinajstić information content (AvgIpc) is 2.89. The number of nitrogens with zero attached hydrogens (tertiary/aromatic N) is 1. The molecule has 1 N–H and O–H groups in total. The van der Waals surface area contributed by atoms with E-state index in [4.69, 9.17) is 16.3 Å². The van der Waals surface area contributed by atoms with Crippen LogP contribution in [-0.2, 0) is 26.2 Å². The summed E-state index contributed by atoms with van der Waals surface area (Å²) >= 11 is 5.84. The minimum atomic E-state index is -3.66. The number of aliphatic imine (C=N–C) groups is 1. The van der Waals surface area contributed by atoms with Crippen molar-refractivity contribution in [1.29, 1.82) is 0 Å². The van der Waals surface area contributed by atoms with Gasteiger partial charge in [0.1, 0.15) is 12.4 Å². The molecule has 0 aromatic heterocycles. The normalized spacial score (nSPS) is 17.4. The topological polar surface area (TPSA) is 84.8 Å². The lowest BCUT2D eigenvalue weighted by Gasteiger charge is -2.16. The van der Waals surface area contributed by atoms with Gasteiger partial charge in [-0.3, -0.25) is 9.71 Å². The summed E-state index contributed by atoms with van der Waals surface area (Å²) in [6.07, 6.45) is 0. The Morgan fingerprint density at radius 3 is 2.48 bits per heavy atom. The fraction of sp³-hybridized carbons (Fsp3) is 0.263. The Hall–Kier alpha value is -2.38. The van der Waals surface area contributed by atoms with Gasteiger partial charge < -0.3 is 4.74 Å². The van der Waals surface area contributed by atoms with Crippen LogP contribution in [0.4, 0.5) is 0 Å². The number of carbonyl (C=O) groups is 1. The number of fused-ring (bicyclic) bond motifs is 1. The summed E-state index contributed by atoms with van der Waals surface area (Å²) in [7, 11) is -3.66. The molecule has 1 heterocycles. The summed E-state index contributed by atoms with van der Waals surface area (Å²) in [5.41, 5.74) is 1.25. The third kappa shape index (κ3) is 4.31. The van der Waals surface area contributed by atoms with Crippen LogP contribution in [0.1, 0.15) is 25.0 Å². The first-order valence-corrected chi connectivity index (χ1v) is 10.2. The van der Waals surface area contributed by atoms with Gasteiger partial charge in [0.05, 0.1) is 4.90 Å². The highest BCUT2D eigenvalue weighted by Crippen LogP contribution is 2.23. The standard InChI is InChI=1S/C19H19ClN2O4S/c1-12(2)17(19(23)26-11-13-7-9-14(20)10-8-13)21-18-15-5-3-4-6-16(15)27(24,25)22-18/h3-10,12,17H,11H2,1-2H3,(H,21,22)/t17-/m0/s1. The second kappa shape index (κ2) is 7.70. The first-order chi connectivity index (χ1) is 12.8. The number of amidine groups is 1. The van der Waals surface area contributed by atoms with Gasteiger partial charge in [-0.2, -0.15) is 0 Å². The van der Waals surface area contributed by atoms with Gasteiger partial charge in [0.15, 0.2) is 6.04 Å². The SMILES string of the molecule is CC(C)[C@H](N=C1NS(=O)(=O)c2ccccc21)C(=O)OCc1ccc(Cl)cc1. The van der Waals surface area contributed by atoms with E-state index >= 15 is 0 Å². The van der Waals surface area contributed by atoms with Crippen molar-refractivity contribution in [3.8, 4) is 0 Å². The fourth-order valence-corrected chi connectivity index (χ4v) is 4.03. The summed E-state index contributed by atoms with van der Waals surface area (Å²) in [4.78, 5) is 17.1. The highest BCUT2D eigenvalue weighted by Gasteiger charge is 2.33. The molecule has 1 aliphatic heterocycles. The molecule has 0 amide bonds. The molecule has 1 atom stereocenters. The third-order valence-corrected chi connectivity index (χ3v) is 5.75. The second-order valence-electron chi connectivity index (χ2n) is 6.50. The molecule has 0 spiro atoms. The monoisotopic (exact) mass is 406 g/mol. The van der Waals surface area contributed by atoms with E-state index in [1.54, 1.807) is 42.5 Å². The molecule has 0 saturated carbocycles. The summed E-state index contributed by atoms with van der Waals surface area (Å²) in [6, 6.07) is 12.7. The molecule has 2 aromatic rings. The summed E-state index contributed by atoms with van der Waals surface area (Å²) in [5.74, 6) is -0.531. The van der Waals surface area contributed by atoms with Crippen molar-refractivity contribution in [3.63, 3.8) is 0 Å². The van der Waals surface area contributed by atoms with Crippen LogP contribution in [0.25, 0.3) is 0 Å². The van der Waals surface area contributed by atoms with E-state index in [1.165, 1.54) is 6.07 Å². The molecule has 0 radical (unpaired) electrons. The molecule has 6 nitrogen and oxygen atoms in total. The van der Waals surface area contributed by atoms with Gasteiger partial charge >= 0.3 is 5.97 Å². The van der Waals surface area contributed by atoms with Gasteiger partial charge in [-0.05, 0) is 35.7 Å². The third-order valence-electron chi connectivity index (χ3n) is 4.10. The highest BCUT2D eigenvalue weighted by molar-refractivity contribution is 7.90. The van der Waals surface area contributed by atoms with Crippen LogP contribution in [0.3, 0.4) is 0 Å². The van der Waals surface area contributed by atoms with Crippen LogP contribution in [0, 0.1) is 5.92 Å². The molecule has 0 aliphatic carbocycles. The number of hydrogen-bond donors (Lipinski definition) is 1. The molecule has 142 valence electrons. The first kappa shape index (κ1) is 19.4. The van der Waals surface area contributed by atoms with Crippen molar-refractivity contribution in [3.05, 3.63) is 64.7 Å². The summed E-state index contributed by atoms with van der Waals surface area (Å²) in [6.45, 7) is 3.74. The van der Waals surface area contributed by atoms with Gasteiger partial charge in [-0.25, -0.2) is 13.2 Å². The van der Waals surface area contributed by atoms with Crippen LogP contribution >= 0.6 is 11.6 Å². The van der Waals surface area contributed by atoms with Crippen molar-refractivity contribution in [2.75, 3.05) is 0 Å². The van der Waals surface area contributed by atoms with Gasteiger partial charge in [-0.1, -0.05) is 49.7 Å². The number of rotatable bonds is 5. The first-order valence-electron chi connectivity index (χ1n) is 8.39. The van der Waals surface area contributed by atoms with Crippen molar-refractivity contribution in [2.45, 2.75) is 31.4 Å². The Morgan fingerprint density at radius 1 is 1.15 bits per heavy atom. The maximum Gasteiger partial charge on any atom is 0.331 e. The van der Waals surface area contributed by atoms with Crippen molar-refractivity contribution < 1.29 is 17.9 Å². The van der Waals surface area contributed by atoms with Crippen molar-refractivity contribution >= 4 is 33.4 Å². The van der Waals surface area contributed by atoms with Gasteiger partial charge in [0.25, 0.3) is 10.0 Å². The molecular weight excluding hydrogens is 388 g/mol. The Bertz CT molecular complexity index is 985. The largest absolute Gasteiger partial charge is 0.459 e. The zero-order valence-electron chi connectivity index (χ0n) is 14.8. The molecule has 8 heteroatoms. The predicted molar refractivity (Wildman–Crippen MR) is 103 cm³/mol. The number of esters is 1. The number of nitrogens with one attached hydrogen (secondary N) is 1. The molecule has 0 fully saturated rings. The molecule has 1 aliphatic rings. The number of sulfonamides is 1. The van der Waals surface area contributed by atoms with E-state index in [9.17, 15) is 13.2 Å². The Kier molecular flexibility index (Phi) is 5.53. The Balaban J connectivity index is 1.81. The maximum absolute atomic E-state index is 12.6. The minimum absolute atomic E-state index is 0.0897. The van der Waals surface area contributed by atoms with E-state index in [2.05, 4.69) is 9.71 Å². The minimum Gasteiger partial charge on any atom is -0.459 e. The zero-order valence-corrected chi connectivity index (χ0v) is 16.4. The maximum atomic E-state index is 12.6. The molecule has 0 bridgehead atoms. The van der Waals surface area contributed by atoms with Crippen LogP contribution in [0.2, 0.25) is 5.02 Å². The Labute approximate surface area is 163 Å². The fourth-order valence-electron chi connectivity index (χ4n) is 2.66. The van der Waals surface area contributed by atoms with Crippen LogP contribution in [0.5, 0.6) is 0 Å². The summed E-state index contributed by atoms with van der Waals surface area (Å²) < 4.78 is 32.2. The van der Waals surface area contributed by atoms with E-state index in [1.807, 2.05) is 13.8 Å². The second-order valence-corrected chi connectivity index (χ2v) is 8.59. The average molecular weight is 407 g/mol. The number of carbonyl (C=O) groups excluding carboxylic acids is 1. The van der Waals surface area contributed by atoms with Gasteiger partial charge in [0, 0.05) is 10.6 Å². The van der Waals surface area contributed by atoms with Crippen LogP contribution in [-0.4, -0.2) is 26.3 Å². The van der Waals surface area contributed by atoms with E-state index in [0.717, 1.165) is 5.56 Å². The zero-order chi connectivity index (χ0) is 19.6. The molecule has 3 rings (SSSR count). The van der Waals surface area contributed by atoms with Gasteiger partial charge in [0.2, 0.25) is 0 Å².